The lowest BCUT2D eigenvalue weighted by Crippen LogP contribution is -2.55. The number of nitrogens with two attached hydrogens (primary N) is 1. The van der Waals surface area contributed by atoms with Crippen LogP contribution in [0, 0.1) is 0 Å². The van der Waals surface area contributed by atoms with E-state index in [1.807, 2.05) is 0 Å². The molecule has 0 amide bonds. The lowest BCUT2D eigenvalue weighted by Gasteiger charge is -2.42. The van der Waals surface area contributed by atoms with Crippen LogP contribution < -0.4 is 11.1 Å². The van der Waals surface area contributed by atoms with Crippen LogP contribution in [0.1, 0.15) is 64.7 Å². The van der Waals surface area contributed by atoms with Crippen LogP contribution in [0.4, 0.5) is 0 Å². The Morgan fingerprint density at radius 2 is 1.94 bits per heavy atom. The molecular formula is C13H25N3. The van der Waals surface area contributed by atoms with Crippen molar-refractivity contribution in [2.75, 3.05) is 0 Å². The van der Waals surface area contributed by atoms with Crippen LogP contribution >= 0.6 is 0 Å². The van der Waals surface area contributed by atoms with E-state index in [1.165, 1.54) is 51.4 Å². The number of nitrogens with one attached hydrogen (secondary N) is 1. The van der Waals surface area contributed by atoms with Gasteiger partial charge in [0.1, 0.15) is 0 Å². The predicted octanol–water partition coefficient (Wildman–Crippen LogP) is 2.56. The molecule has 0 spiro atoms. The maximum Gasteiger partial charge on any atom is 0.189 e. The van der Waals surface area contributed by atoms with Crippen molar-refractivity contribution >= 4 is 5.96 Å². The Bertz CT molecular complexity index is 244. The molecule has 3 N–H and O–H groups in total. The van der Waals surface area contributed by atoms with Crippen LogP contribution in [0.5, 0.6) is 0 Å². The highest BCUT2D eigenvalue weighted by molar-refractivity contribution is 5.79. The molecule has 2 saturated carbocycles. The summed E-state index contributed by atoms with van der Waals surface area (Å²) in [4.78, 5) is 4.63. The number of guanidine groups is 1. The molecule has 3 heteroatoms. The number of hydrogen-bond acceptors (Lipinski definition) is 1. The second kappa shape index (κ2) is 5.07. The molecular weight excluding hydrogens is 198 g/mol. The molecule has 0 aliphatic heterocycles. The highest BCUT2D eigenvalue weighted by Gasteiger charge is 2.35. The van der Waals surface area contributed by atoms with Gasteiger partial charge in [0.2, 0.25) is 0 Å². The third-order valence-corrected chi connectivity index (χ3v) is 4.28. The van der Waals surface area contributed by atoms with Gasteiger partial charge in [-0.2, -0.15) is 0 Å². The molecule has 16 heavy (non-hydrogen) atoms. The van der Waals surface area contributed by atoms with Gasteiger partial charge in [0.15, 0.2) is 5.96 Å². The van der Waals surface area contributed by atoms with Crippen LogP contribution in [0.15, 0.2) is 4.99 Å². The van der Waals surface area contributed by atoms with E-state index in [4.69, 9.17) is 5.73 Å². The van der Waals surface area contributed by atoms with E-state index in [0.29, 0.717) is 12.0 Å². The molecule has 0 atom stereocenters. The van der Waals surface area contributed by atoms with Crippen LogP contribution in [-0.4, -0.2) is 17.5 Å². The summed E-state index contributed by atoms with van der Waals surface area (Å²) in [5.41, 5.74) is 6.29. The fourth-order valence-corrected chi connectivity index (χ4v) is 2.88. The number of hydrogen-bond donors (Lipinski definition) is 2. The van der Waals surface area contributed by atoms with Gasteiger partial charge in [0.05, 0.1) is 6.04 Å². The predicted molar refractivity (Wildman–Crippen MR) is 68.5 cm³/mol. The van der Waals surface area contributed by atoms with Gasteiger partial charge in [-0.25, -0.2) is 0 Å². The molecule has 0 aromatic heterocycles. The van der Waals surface area contributed by atoms with E-state index in [-0.39, 0.29) is 5.54 Å². The van der Waals surface area contributed by atoms with Gasteiger partial charge in [-0.05, 0) is 38.5 Å². The largest absolute Gasteiger partial charge is 0.370 e. The molecule has 0 aromatic carbocycles. The third kappa shape index (κ3) is 2.69. The molecule has 0 bridgehead atoms. The summed E-state index contributed by atoms with van der Waals surface area (Å²) in [6.07, 6.45) is 11.5. The van der Waals surface area contributed by atoms with Crippen molar-refractivity contribution in [1.82, 2.24) is 5.32 Å². The highest BCUT2D eigenvalue weighted by atomic mass is 15.2. The van der Waals surface area contributed by atoms with Crippen molar-refractivity contribution in [2.45, 2.75) is 76.3 Å². The van der Waals surface area contributed by atoms with E-state index < -0.39 is 0 Å². The Labute approximate surface area is 98.9 Å². The summed E-state index contributed by atoms with van der Waals surface area (Å²) in [5, 5.41) is 3.45. The maximum atomic E-state index is 6.01. The standard InChI is InChI=1S/C13H25N3/c1-2-13(9-6-10-13)16-12(14)15-11-7-4-3-5-8-11/h11H,2-10H2,1H3,(H3,14,15,16). The first-order valence-electron chi connectivity index (χ1n) is 6.85. The van der Waals surface area contributed by atoms with E-state index >= 15 is 0 Å². The molecule has 0 heterocycles. The zero-order valence-electron chi connectivity index (χ0n) is 10.5. The van der Waals surface area contributed by atoms with E-state index in [9.17, 15) is 0 Å². The zero-order valence-corrected chi connectivity index (χ0v) is 10.5. The molecule has 0 radical (unpaired) electrons. The lowest BCUT2D eigenvalue weighted by molar-refractivity contribution is 0.208. The normalized spacial score (nSPS) is 26.2. The minimum absolute atomic E-state index is 0.280. The summed E-state index contributed by atoms with van der Waals surface area (Å²) in [6.45, 7) is 2.24. The maximum absolute atomic E-state index is 6.01. The van der Waals surface area contributed by atoms with Crippen LogP contribution in [0.3, 0.4) is 0 Å². The Balaban J connectivity index is 1.85. The molecule has 2 rings (SSSR count). The topological polar surface area (TPSA) is 50.4 Å². The Kier molecular flexibility index (Phi) is 3.72. The van der Waals surface area contributed by atoms with Gasteiger partial charge < -0.3 is 11.1 Å². The molecule has 2 fully saturated rings. The van der Waals surface area contributed by atoms with Gasteiger partial charge in [0.25, 0.3) is 0 Å². The molecule has 0 aromatic rings. The van der Waals surface area contributed by atoms with E-state index in [1.54, 1.807) is 0 Å². The van der Waals surface area contributed by atoms with Crippen molar-refractivity contribution in [3.8, 4) is 0 Å². The minimum Gasteiger partial charge on any atom is -0.370 e. The second-order valence-electron chi connectivity index (χ2n) is 5.42. The molecule has 92 valence electrons. The Hall–Kier alpha value is -0.730. The molecule has 0 saturated heterocycles. The van der Waals surface area contributed by atoms with Gasteiger partial charge in [-0.15, -0.1) is 0 Å². The molecule has 0 unspecified atom stereocenters. The van der Waals surface area contributed by atoms with E-state index in [2.05, 4.69) is 17.2 Å². The molecule has 2 aliphatic carbocycles. The lowest BCUT2D eigenvalue weighted by atomic mass is 9.75. The third-order valence-electron chi connectivity index (χ3n) is 4.28. The smallest absolute Gasteiger partial charge is 0.189 e. The molecule has 3 nitrogen and oxygen atoms in total. The first-order valence-corrected chi connectivity index (χ1v) is 6.85. The summed E-state index contributed by atoms with van der Waals surface area (Å²) >= 11 is 0. The van der Waals surface area contributed by atoms with Gasteiger partial charge in [-0.1, -0.05) is 26.2 Å². The fraction of sp³-hybridized carbons (Fsp3) is 0.923. The van der Waals surface area contributed by atoms with Gasteiger partial charge in [0, 0.05) is 5.54 Å². The average molecular weight is 223 g/mol. The number of rotatable bonds is 3. The summed E-state index contributed by atoms with van der Waals surface area (Å²) in [5.74, 6) is 0.688. The minimum atomic E-state index is 0.280. The van der Waals surface area contributed by atoms with Crippen LogP contribution in [-0.2, 0) is 0 Å². The summed E-state index contributed by atoms with van der Waals surface area (Å²) in [6, 6.07) is 0.482. The van der Waals surface area contributed by atoms with Gasteiger partial charge in [-0.3, -0.25) is 4.99 Å². The summed E-state index contributed by atoms with van der Waals surface area (Å²) in [7, 11) is 0. The Morgan fingerprint density at radius 3 is 2.44 bits per heavy atom. The average Bonchev–Trinajstić information content (AvgIpc) is 2.25. The fourth-order valence-electron chi connectivity index (χ4n) is 2.88. The number of nitrogens with zero attached hydrogens (tertiary/aromatic N) is 1. The first kappa shape index (κ1) is 11.7. The second-order valence-corrected chi connectivity index (χ2v) is 5.42. The van der Waals surface area contributed by atoms with Crippen molar-refractivity contribution < 1.29 is 0 Å². The van der Waals surface area contributed by atoms with Crippen molar-refractivity contribution in [3.63, 3.8) is 0 Å². The SMILES string of the molecule is CCC1(NC(N)=NC2CCCCC2)CCC1. The van der Waals surface area contributed by atoms with Crippen LogP contribution in [0.2, 0.25) is 0 Å². The highest BCUT2D eigenvalue weighted by Crippen LogP contribution is 2.34. The number of aliphatic imine (C=N–C) groups is 1. The van der Waals surface area contributed by atoms with Crippen molar-refractivity contribution in [1.29, 1.82) is 0 Å². The monoisotopic (exact) mass is 223 g/mol. The van der Waals surface area contributed by atoms with Crippen LogP contribution in [0.25, 0.3) is 0 Å². The van der Waals surface area contributed by atoms with Crippen molar-refractivity contribution in [3.05, 3.63) is 0 Å². The zero-order chi connectivity index (χ0) is 11.4. The molecule has 2 aliphatic rings. The summed E-state index contributed by atoms with van der Waals surface area (Å²) < 4.78 is 0. The van der Waals surface area contributed by atoms with Gasteiger partial charge >= 0.3 is 0 Å². The van der Waals surface area contributed by atoms with Crippen molar-refractivity contribution in [2.24, 2.45) is 10.7 Å². The Morgan fingerprint density at radius 1 is 1.25 bits per heavy atom. The first-order chi connectivity index (χ1) is 7.74. The van der Waals surface area contributed by atoms with E-state index in [0.717, 1.165) is 6.42 Å². The quantitative estimate of drug-likeness (QED) is 0.570.